The van der Waals surface area contributed by atoms with Crippen molar-refractivity contribution in [2.45, 2.75) is 12.5 Å². The number of anilines is 1. The molecule has 0 radical (unpaired) electrons. The molecule has 0 aliphatic carbocycles. The van der Waals surface area contributed by atoms with Crippen LogP contribution in [0.3, 0.4) is 0 Å². The van der Waals surface area contributed by atoms with Crippen molar-refractivity contribution in [1.29, 1.82) is 0 Å². The Morgan fingerprint density at radius 3 is 2.59 bits per heavy atom. The van der Waals surface area contributed by atoms with E-state index in [0.717, 1.165) is 0 Å². The van der Waals surface area contributed by atoms with E-state index < -0.39 is 12.1 Å². The number of benzene rings is 1. The summed E-state index contributed by atoms with van der Waals surface area (Å²) in [6.45, 7) is 0.339. The first-order valence-electron chi connectivity index (χ1n) is 6.46. The van der Waals surface area contributed by atoms with Gasteiger partial charge in [0.05, 0.1) is 13.2 Å². The van der Waals surface area contributed by atoms with Gasteiger partial charge in [0.25, 0.3) is 0 Å². The predicted octanol–water partition coefficient (Wildman–Crippen LogP) is 1.02. The van der Waals surface area contributed by atoms with E-state index in [-0.39, 0.29) is 18.4 Å². The van der Waals surface area contributed by atoms with Gasteiger partial charge in [0.1, 0.15) is 0 Å². The molecule has 1 fully saturated rings. The van der Waals surface area contributed by atoms with Gasteiger partial charge in [0.2, 0.25) is 5.91 Å². The monoisotopic (exact) mass is 326 g/mol. The van der Waals surface area contributed by atoms with Crippen LogP contribution in [-0.2, 0) is 9.53 Å². The number of nitrogens with zero attached hydrogens (tertiary/aromatic N) is 1. The molecule has 8 nitrogen and oxygen atoms in total. The van der Waals surface area contributed by atoms with Gasteiger partial charge in [-0.25, -0.2) is 20.4 Å². The number of urea groups is 1. The lowest BCUT2D eigenvalue weighted by Crippen LogP contribution is -2.50. The quantitative estimate of drug-likeness (QED) is 0.706. The van der Waals surface area contributed by atoms with Crippen molar-refractivity contribution in [1.82, 2.24) is 16.2 Å². The Bertz CT molecular complexity index is 578. The first-order chi connectivity index (χ1) is 10.5. The number of nitrogens with one attached hydrogen (secondary N) is 3. The van der Waals surface area contributed by atoms with Gasteiger partial charge in [-0.15, -0.1) is 0 Å². The average molecular weight is 327 g/mol. The number of hydrazine groups is 1. The molecule has 0 saturated carbocycles. The van der Waals surface area contributed by atoms with Crippen LogP contribution in [0.15, 0.2) is 24.3 Å². The third kappa shape index (κ3) is 4.01. The van der Waals surface area contributed by atoms with Crippen LogP contribution >= 0.6 is 11.6 Å². The maximum Gasteiger partial charge on any atom is 0.425 e. The Labute approximate surface area is 131 Å². The lowest BCUT2D eigenvalue weighted by Gasteiger charge is -2.17. The predicted molar refractivity (Wildman–Crippen MR) is 79.4 cm³/mol. The molecule has 0 aromatic heterocycles. The van der Waals surface area contributed by atoms with Crippen LogP contribution in [0.25, 0.3) is 0 Å². The smallest absolute Gasteiger partial charge is 0.425 e. The summed E-state index contributed by atoms with van der Waals surface area (Å²) in [5, 5.41) is 3.17. The van der Waals surface area contributed by atoms with Crippen molar-refractivity contribution >= 4 is 35.3 Å². The largest absolute Gasteiger partial charge is 0.452 e. The van der Waals surface area contributed by atoms with Crippen LogP contribution < -0.4 is 21.1 Å². The maximum absolute atomic E-state index is 12.0. The van der Waals surface area contributed by atoms with Crippen LogP contribution in [0.1, 0.15) is 6.42 Å². The number of hydrogen-bond donors (Lipinski definition) is 3. The lowest BCUT2D eigenvalue weighted by molar-refractivity contribution is -0.117. The fraction of sp³-hybridized carbons (Fsp3) is 0.308. The average Bonchev–Trinajstić information content (AvgIpc) is 2.86. The standard InChI is InChI=1S/C13H15ClN4O4/c1-22-13(21)17-16-12(20)15-9-6-11(19)18(7-9)10-4-2-8(14)3-5-10/h2-5,9H,6-7H2,1H3,(H,17,21)(H2,15,16,20). The fourth-order valence-electron chi connectivity index (χ4n) is 2.06. The third-order valence-corrected chi connectivity index (χ3v) is 3.31. The molecule has 1 saturated heterocycles. The van der Waals surface area contributed by atoms with E-state index in [1.807, 2.05) is 5.43 Å². The van der Waals surface area contributed by atoms with E-state index in [9.17, 15) is 14.4 Å². The van der Waals surface area contributed by atoms with Crippen LogP contribution in [0.2, 0.25) is 5.02 Å². The second-order valence-corrected chi connectivity index (χ2v) is 5.03. The van der Waals surface area contributed by atoms with Crippen molar-refractivity contribution < 1.29 is 19.1 Å². The molecule has 1 aromatic rings. The van der Waals surface area contributed by atoms with Crippen molar-refractivity contribution in [3.63, 3.8) is 0 Å². The summed E-state index contributed by atoms with van der Waals surface area (Å²) < 4.78 is 4.31. The summed E-state index contributed by atoms with van der Waals surface area (Å²) in [7, 11) is 1.18. The van der Waals surface area contributed by atoms with Crippen LogP contribution in [0.5, 0.6) is 0 Å². The summed E-state index contributed by atoms with van der Waals surface area (Å²) in [6, 6.07) is 5.88. The Kier molecular flexibility index (Phi) is 5.05. The molecule has 2 rings (SSSR count). The molecule has 4 amide bonds. The normalized spacial score (nSPS) is 17.1. The Balaban J connectivity index is 1.88. The zero-order chi connectivity index (χ0) is 16.1. The number of hydrogen-bond acceptors (Lipinski definition) is 4. The van der Waals surface area contributed by atoms with Gasteiger partial charge in [-0.05, 0) is 24.3 Å². The number of rotatable bonds is 2. The fourth-order valence-corrected chi connectivity index (χ4v) is 2.18. The van der Waals surface area contributed by atoms with Gasteiger partial charge >= 0.3 is 12.1 Å². The molecule has 1 unspecified atom stereocenters. The summed E-state index contributed by atoms with van der Waals surface area (Å²) in [6.07, 6.45) is -0.616. The highest BCUT2D eigenvalue weighted by atomic mass is 35.5. The number of methoxy groups -OCH3 is 1. The minimum absolute atomic E-state index is 0.103. The zero-order valence-electron chi connectivity index (χ0n) is 11.8. The first kappa shape index (κ1) is 15.9. The molecule has 0 spiro atoms. The summed E-state index contributed by atoms with van der Waals surface area (Å²) in [4.78, 5) is 36.0. The SMILES string of the molecule is COC(=O)NNC(=O)NC1CC(=O)N(c2ccc(Cl)cc2)C1. The topological polar surface area (TPSA) is 99.8 Å². The minimum Gasteiger partial charge on any atom is -0.452 e. The van der Waals surface area contributed by atoms with Gasteiger partial charge in [0.15, 0.2) is 0 Å². The maximum atomic E-state index is 12.0. The van der Waals surface area contributed by atoms with Crippen LogP contribution in [0.4, 0.5) is 15.3 Å². The lowest BCUT2D eigenvalue weighted by atomic mass is 10.2. The highest BCUT2D eigenvalue weighted by Gasteiger charge is 2.31. The molecule has 22 heavy (non-hydrogen) atoms. The van der Waals surface area contributed by atoms with Gasteiger partial charge < -0.3 is 15.0 Å². The Morgan fingerprint density at radius 1 is 1.27 bits per heavy atom. The molecule has 1 aromatic carbocycles. The minimum atomic E-state index is -0.791. The van der Waals surface area contributed by atoms with Gasteiger partial charge in [-0.1, -0.05) is 11.6 Å². The molecule has 118 valence electrons. The third-order valence-electron chi connectivity index (χ3n) is 3.06. The molecule has 1 atom stereocenters. The molecule has 1 aliphatic rings. The van der Waals surface area contributed by atoms with Crippen LogP contribution in [-0.4, -0.2) is 37.7 Å². The first-order valence-corrected chi connectivity index (χ1v) is 6.84. The molecular weight excluding hydrogens is 312 g/mol. The Hall–Kier alpha value is -2.48. The molecule has 1 heterocycles. The van der Waals surface area contributed by atoms with E-state index in [1.165, 1.54) is 7.11 Å². The molecule has 1 aliphatic heterocycles. The number of carbonyl (C=O) groups excluding carboxylic acids is 3. The number of ether oxygens (including phenoxy) is 1. The number of halogens is 1. The summed E-state index contributed by atoms with van der Waals surface area (Å²) in [5.41, 5.74) is 4.86. The van der Waals surface area contributed by atoms with Crippen molar-refractivity contribution in [3.05, 3.63) is 29.3 Å². The second kappa shape index (κ2) is 6.99. The van der Waals surface area contributed by atoms with Gasteiger partial charge in [-0.3, -0.25) is 4.79 Å². The summed E-state index contributed by atoms with van der Waals surface area (Å²) >= 11 is 5.81. The van der Waals surface area contributed by atoms with E-state index in [1.54, 1.807) is 29.2 Å². The molecule has 9 heteroatoms. The van der Waals surface area contributed by atoms with Crippen molar-refractivity contribution in [2.24, 2.45) is 0 Å². The van der Waals surface area contributed by atoms with Gasteiger partial charge in [-0.2, -0.15) is 0 Å². The zero-order valence-corrected chi connectivity index (χ0v) is 12.5. The van der Waals surface area contributed by atoms with Gasteiger partial charge in [0, 0.05) is 23.7 Å². The number of carbonyl (C=O) groups is 3. The molecule has 0 bridgehead atoms. The van der Waals surface area contributed by atoms with E-state index >= 15 is 0 Å². The van der Waals surface area contributed by atoms with Crippen molar-refractivity contribution in [2.75, 3.05) is 18.6 Å². The Morgan fingerprint density at radius 2 is 1.95 bits per heavy atom. The van der Waals surface area contributed by atoms with Crippen LogP contribution in [0, 0.1) is 0 Å². The van der Waals surface area contributed by atoms with Crippen molar-refractivity contribution in [3.8, 4) is 0 Å². The molecular formula is C13H15ClN4O4. The second-order valence-electron chi connectivity index (χ2n) is 4.60. The number of amides is 4. The summed E-state index contributed by atoms with van der Waals surface area (Å²) in [5.74, 6) is -0.103. The van der Waals surface area contributed by atoms with E-state index in [2.05, 4.69) is 15.5 Å². The highest BCUT2D eigenvalue weighted by Crippen LogP contribution is 2.23. The van der Waals surface area contributed by atoms with E-state index in [0.29, 0.717) is 17.3 Å². The molecule has 3 N–H and O–H groups in total. The van der Waals surface area contributed by atoms with E-state index in [4.69, 9.17) is 11.6 Å². The highest BCUT2D eigenvalue weighted by molar-refractivity contribution is 6.30.